The normalized spacial score (nSPS) is 19.8. The lowest BCUT2D eigenvalue weighted by Crippen LogP contribution is -2.53. The van der Waals surface area contributed by atoms with Crippen molar-refractivity contribution in [2.24, 2.45) is 12.8 Å². The van der Waals surface area contributed by atoms with E-state index in [1.165, 1.54) is 0 Å². The van der Waals surface area contributed by atoms with Gasteiger partial charge in [-0.25, -0.2) is 18.1 Å². The Morgan fingerprint density at radius 3 is 2.40 bits per heavy atom. The second kappa shape index (κ2) is 5.83. The van der Waals surface area contributed by atoms with E-state index < -0.39 is 15.6 Å². The van der Waals surface area contributed by atoms with Crippen LogP contribution in [0.5, 0.6) is 0 Å². The molecular formula is C13H24N4O2S. The zero-order valence-electron chi connectivity index (χ0n) is 12.2. The number of hydrogen-bond acceptors (Lipinski definition) is 4. The number of nitrogens with one attached hydrogen (secondary N) is 1. The smallest absolute Gasteiger partial charge is 0.260 e. The van der Waals surface area contributed by atoms with Gasteiger partial charge in [0.15, 0.2) is 5.03 Å². The topological polar surface area (TPSA) is 90.0 Å². The average molecular weight is 300 g/mol. The standard InChI is InChI=1S/C13H24N4O2S/c1-11-15-12(9-17(11)2)20(18,19)16-13(10-14)7-5-3-4-6-8-13/h9,16H,3-8,10,14H2,1-2H3. The van der Waals surface area contributed by atoms with Crippen molar-refractivity contribution in [2.45, 2.75) is 56.0 Å². The number of sulfonamides is 1. The van der Waals surface area contributed by atoms with Crippen LogP contribution in [0.1, 0.15) is 44.3 Å². The minimum atomic E-state index is -3.61. The Morgan fingerprint density at radius 1 is 1.35 bits per heavy atom. The van der Waals surface area contributed by atoms with Crippen LogP contribution < -0.4 is 10.5 Å². The fraction of sp³-hybridized carbons (Fsp3) is 0.769. The number of hydrogen-bond donors (Lipinski definition) is 2. The number of aryl methyl sites for hydroxylation is 2. The molecule has 0 aromatic carbocycles. The Bertz CT molecular complexity index is 537. The Labute approximate surface area is 120 Å². The molecule has 0 amide bonds. The van der Waals surface area contributed by atoms with E-state index in [-0.39, 0.29) is 5.03 Å². The van der Waals surface area contributed by atoms with Gasteiger partial charge >= 0.3 is 0 Å². The summed E-state index contributed by atoms with van der Waals surface area (Å²) in [7, 11) is -1.83. The zero-order valence-corrected chi connectivity index (χ0v) is 13.0. The molecule has 2 rings (SSSR count). The van der Waals surface area contributed by atoms with E-state index in [0.717, 1.165) is 38.5 Å². The van der Waals surface area contributed by atoms with Gasteiger partial charge < -0.3 is 10.3 Å². The summed E-state index contributed by atoms with van der Waals surface area (Å²) in [5.74, 6) is 0.674. The number of nitrogens with two attached hydrogens (primary N) is 1. The number of aromatic nitrogens is 2. The first-order valence-electron chi connectivity index (χ1n) is 7.13. The van der Waals surface area contributed by atoms with Gasteiger partial charge in [-0.3, -0.25) is 0 Å². The highest BCUT2D eigenvalue weighted by Gasteiger charge is 2.35. The van der Waals surface area contributed by atoms with Gasteiger partial charge in [-0.15, -0.1) is 0 Å². The summed E-state index contributed by atoms with van der Waals surface area (Å²) in [6.45, 7) is 2.11. The first-order valence-corrected chi connectivity index (χ1v) is 8.61. The number of nitrogens with zero attached hydrogens (tertiary/aromatic N) is 2. The lowest BCUT2D eigenvalue weighted by atomic mass is 9.92. The maximum absolute atomic E-state index is 12.5. The molecule has 1 saturated carbocycles. The minimum absolute atomic E-state index is 0.0783. The SMILES string of the molecule is Cc1nc(S(=O)(=O)NC2(CN)CCCCCC2)cn1C. The van der Waals surface area contributed by atoms with E-state index in [2.05, 4.69) is 9.71 Å². The zero-order chi connectivity index (χ0) is 14.8. The van der Waals surface area contributed by atoms with Gasteiger partial charge in [-0.1, -0.05) is 25.7 Å². The maximum atomic E-state index is 12.5. The second-order valence-corrected chi connectivity index (χ2v) is 7.37. The highest BCUT2D eigenvalue weighted by molar-refractivity contribution is 7.89. The number of imidazole rings is 1. The maximum Gasteiger partial charge on any atom is 0.260 e. The van der Waals surface area contributed by atoms with E-state index in [4.69, 9.17) is 5.73 Å². The second-order valence-electron chi connectivity index (χ2n) is 5.74. The largest absolute Gasteiger partial charge is 0.337 e. The molecule has 6 nitrogen and oxygen atoms in total. The van der Waals surface area contributed by atoms with Crippen LogP contribution in [0.25, 0.3) is 0 Å². The molecule has 1 fully saturated rings. The summed E-state index contributed by atoms with van der Waals surface area (Å²) in [5, 5.41) is 0.0783. The van der Waals surface area contributed by atoms with Crippen molar-refractivity contribution >= 4 is 10.0 Å². The summed E-state index contributed by atoms with van der Waals surface area (Å²) in [5.41, 5.74) is 5.36. The van der Waals surface area contributed by atoms with Crippen molar-refractivity contribution < 1.29 is 8.42 Å². The van der Waals surface area contributed by atoms with Crippen LogP contribution in [0, 0.1) is 6.92 Å². The molecule has 0 spiro atoms. The molecule has 114 valence electrons. The Hall–Kier alpha value is -0.920. The third kappa shape index (κ3) is 3.21. The summed E-state index contributed by atoms with van der Waals surface area (Å²) < 4.78 is 29.5. The molecule has 7 heteroatoms. The van der Waals surface area contributed by atoms with Crippen LogP contribution in [0.4, 0.5) is 0 Å². The first kappa shape index (κ1) is 15.5. The van der Waals surface area contributed by atoms with Crippen molar-refractivity contribution in [1.82, 2.24) is 14.3 Å². The minimum Gasteiger partial charge on any atom is -0.337 e. The van der Waals surface area contributed by atoms with Crippen LogP contribution >= 0.6 is 0 Å². The van der Waals surface area contributed by atoms with Gasteiger partial charge in [0, 0.05) is 25.3 Å². The van der Waals surface area contributed by atoms with E-state index in [1.54, 1.807) is 24.7 Å². The van der Waals surface area contributed by atoms with Crippen LogP contribution in [0.15, 0.2) is 11.2 Å². The van der Waals surface area contributed by atoms with Crippen LogP contribution in [-0.4, -0.2) is 30.1 Å². The highest BCUT2D eigenvalue weighted by Crippen LogP contribution is 2.28. The van der Waals surface area contributed by atoms with Gasteiger partial charge in [0.1, 0.15) is 5.82 Å². The van der Waals surface area contributed by atoms with Crippen LogP contribution in [0.3, 0.4) is 0 Å². The fourth-order valence-corrected chi connectivity index (χ4v) is 4.26. The molecule has 0 saturated heterocycles. The van der Waals surface area contributed by atoms with E-state index in [9.17, 15) is 8.42 Å². The number of rotatable bonds is 4. The molecule has 20 heavy (non-hydrogen) atoms. The summed E-state index contributed by atoms with van der Waals surface area (Å²) in [6.07, 6.45) is 7.46. The molecule has 0 unspecified atom stereocenters. The third-order valence-electron chi connectivity index (χ3n) is 4.16. The molecular weight excluding hydrogens is 276 g/mol. The molecule has 1 aliphatic carbocycles. The molecule has 1 heterocycles. The predicted molar refractivity (Wildman–Crippen MR) is 77.8 cm³/mol. The average Bonchev–Trinajstić information content (AvgIpc) is 2.63. The molecule has 0 aliphatic heterocycles. The van der Waals surface area contributed by atoms with Crippen molar-refractivity contribution in [3.05, 3.63) is 12.0 Å². The van der Waals surface area contributed by atoms with Crippen LogP contribution in [0.2, 0.25) is 0 Å². The third-order valence-corrected chi connectivity index (χ3v) is 5.61. The van der Waals surface area contributed by atoms with Gasteiger partial charge in [-0.05, 0) is 19.8 Å². The van der Waals surface area contributed by atoms with Gasteiger partial charge in [0.2, 0.25) is 0 Å². The Morgan fingerprint density at radius 2 is 1.95 bits per heavy atom. The van der Waals surface area contributed by atoms with Gasteiger partial charge in [0.05, 0.1) is 0 Å². The van der Waals surface area contributed by atoms with Crippen molar-refractivity contribution in [1.29, 1.82) is 0 Å². The van der Waals surface area contributed by atoms with Crippen molar-refractivity contribution in [2.75, 3.05) is 6.54 Å². The quantitative estimate of drug-likeness (QED) is 0.814. The summed E-state index contributed by atoms with van der Waals surface area (Å²) in [6, 6.07) is 0. The molecule has 0 radical (unpaired) electrons. The van der Waals surface area contributed by atoms with E-state index >= 15 is 0 Å². The van der Waals surface area contributed by atoms with Gasteiger partial charge in [-0.2, -0.15) is 0 Å². The monoisotopic (exact) mass is 300 g/mol. The molecule has 1 aromatic heterocycles. The lowest BCUT2D eigenvalue weighted by Gasteiger charge is -2.31. The first-order chi connectivity index (χ1) is 9.38. The molecule has 0 bridgehead atoms. The Kier molecular flexibility index (Phi) is 4.51. The molecule has 0 atom stereocenters. The summed E-state index contributed by atoms with van der Waals surface area (Å²) >= 11 is 0. The molecule has 1 aromatic rings. The van der Waals surface area contributed by atoms with Crippen LogP contribution in [-0.2, 0) is 17.1 Å². The predicted octanol–water partition coefficient (Wildman–Crippen LogP) is 1.06. The van der Waals surface area contributed by atoms with Gasteiger partial charge in [0.25, 0.3) is 10.0 Å². The van der Waals surface area contributed by atoms with E-state index in [1.807, 2.05) is 0 Å². The lowest BCUT2D eigenvalue weighted by molar-refractivity contribution is 0.342. The molecule has 3 N–H and O–H groups in total. The van der Waals surface area contributed by atoms with Crippen molar-refractivity contribution in [3.8, 4) is 0 Å². The van der Waals surface area contributed by atoms with E-state index in [0.29, 0.717) is 12.4 Å². The Balaban J connectivity index is 2.25. The van der Waals surface area contributed by atoms with Crippen molar-refractivity contribution in [3.63, 3.8) is 0 Å². The molecule has 1 aliphatic rings. The fourth-order valence-electron chi connectivity index (χ4n) is 2.75. The highest BCUT2D eigenvalue weighted by atomic mass is 32.2. The summed E-state index contributed by atoms with van der Waals surface area (Å²) in [4.78, 5) is 4.11.